The molecule has 848 valence electrons. The number of piperidine rings is 1. The number of hydrogen-bond acceptors (Lipinski definition) is 21. The van der Waals surface area contributed by atoms with Crippen molar-refractivity contribution in [2.24, 2.45) is 70.5 Å². The first-order valence-corrected chi connectivity index (χ1v) is 64.3. The highest BCUT2D eigenvalue weighted by Gasteiger charge is 2.30. The first kappa shape index (κ1) is 145. The van der Waals surface area contributed by atoms with Crippen LogP contribution in [0.25, 0.3) is 0 Å². The second kappa shape index (κ2) is 82.7. The van der Waals surface area contributed by atoms with Crippen molar-refractivity contribution in [1.29, 1.82) is 0 Å². The third-order valence-electron chi connectivity index (χ3n) is 26.1. The molecule has 1 heterocycles. The van der Waals surface area contributed by atoms with E-state index in [1.807, 2.05) is 27.8 Å². The highest BCUT2D eigenvalue weighted by Crippen LogP contribution is 2.36. The van der Waals surface area contributed by atoms with Crippen molar-refractivity contribution in [1.82, 2.24) is 39.6 Å². The lowest BCUT2D eigenvalue weighted by atomic mass is 9.90. The number of nitrogens with zero attached hydrogens (tertiary/aromatic N) is 8. The second-order valence-corrected chi connectivity index (χ2v) is 55.8. The number of ketones is 3. The lowest BCUT2D eigenvalue weighted by Crippen LogP contribution is -2.49. The number of unbranched alkanes of at least 4 members (excludes halogenated alkanes) is 1. The van der Waals surface area contributed by atoms with E-state index in [9.17, 15) is 63.8 Å². The molecule has 13 N–H and O–H groups in total. The van der Waals surface area contributed by atoms with Crippen LogP contribution < -0.4 is 22.5 Å². The maximum Gasteiger partial charge on any atom is 0.305 e. The smallest absolute Gasteiger partial charge is 0.305 e. The van der Waals surface area contributed by atoms with Crippen LogP contribution >= 0.6 is 7.37 Å². The first-order chi connectivity index (χ1) is 65.7. The number of hydrogen-bond donors (Lipinski definition) is 10. The van der Waals surface area contributed by atoms with Crippen LogP contribution in [0.5, 0.6) is 0 Å². The van der Waals surface area contributed by atoms with Gasteiger partial charge < -0.3 is 70.3 Å². The number of quaternary nitrogens is 1. The summed E-state index contributed by atoms with van der Waals surface area (Å²) in [5, 5.41) is 11.8. The Morgan fingerprint density at radius 1 is 0.472 bits per heavy atom. The number of carbonyl (C=O) groups is 6. The molecule has 7 unspecified atom stereocenters. The van der Waals surface area contributed by atoms with Gasteiger partial charge in [-0.1, -0.05) is 201 Å². The lowest BCUT2D eigenvalue weighted by molar-refractivity contribution is -0.870. The molecular weight excluding hydrogens is 1900 g/mol. The van der Waals surface area contributed by atoms with E-state index in [0.717, 1.165) is 176 Å². The van der Waals surface area contributed by atoms with Crippen LogP contribution in [0.2, 0.25) is 0 Å². The molecule has 0 aromatic heterocycles. The topological polar surface area (TPSA) is 439 Å². The number of likely N-dealkylation sites (tertiary alicyclic amines) is 1. The number of rotatable bonds is 64. The minimum atomic E-state index is -4.21. The van der Waals surface area contributed by atoms with Crippen LogP contribution in [0, 0.1) is 53.3 Å². The van der Waals surface area contributed by atoms with Crippen molar-refractivity contribution in [3.05, 3.63) is 0 Å². The minimum Gasteiger partial charge on any atom is -0.481 e. The Hall–Kier alpha value is -2.94. The van der Waals surface area contributed by atoms with Crippen molar-refractivity contribution in [3.63, 3.8) is 0 Å². The Balaban J connectivity index is -0.000000768. The zero-order chi connectivity index (χ0) is 110. The third-order valence-corrected chi connectivity index (χ3v) is 30.4. The Morgan fingerprint density at radius 3 is 1.27 bits per heavy atom. The van der Waals surface area contributed by atoms with E-state index in [1.165, 1.54) is 166 Å². The predicted molar refractivity (Wildman–Crippen MR) is 606 cm³/mol. The molecule has 3 aliphatic carbocycles. The molecule has 0 aromatic carbocycles. The molecule has 142 heavy (non-hydrogen) atoms. The number of Topliss-reactive ketones (excluding diaryl/α,β-unsaturated/α-hetero) is 3. The average Bonchev–Trinajstić information content (AvgIpc) is 0.868. The maximum atomic E-state index is 12.1. The van der Waals surface area contributed by atoms with Gasteiger partial charge in [-0.05, 0) is 265 Å². The highest BCUT2D eigenvalue weighted by atomic mass is 32.2. The highest BCUT2D eigenvalue weighted by molar-refractivity contribution is 7.95. The quantitative estimate of drug-likeness (QED) is 0.00889. The lowest BCUT2D eigenvalue weighted by Gasteiger charge is -2.35. The van der Waals surface area contributed by atoms with Crippen LogP contribution in [0.15, 0.2) is 0 Å². The van der Waals surface area contributed by atoms with E-state index in [2.05, 4.69) is 166 Å². The summed E-state index contributed by atoms with van der Waals surface area (Å²) >= 11 is 0. The molecule has 4 fully saturated rings. The zero-order valence-electron chi connectivity index (χ0n) is 95.0. The van der Waals surface area contributed by atoms with Gasteiger partial charge in [-0.3, -0.25) is 52.6 Å². The molecule has 30 nitrogen and oxygen atoms in total. The second-order valence-electron chi connectivity index (χ2n) is 45.9. The molecule has 4 rings (SSSR count). The molecule has 0 radical (unpaired) electrons. The van der Waals surface area contributed by atoms with Crippen molar-refractivity contribution in [3.8, 4) is 0 Å². The van der Waals surface area contributed by atoms with Gasteiger partial charge >= 0.3 is 5.97 Å². The summed E-state index contributed by atoms with van der Waals surface area (Å²) in [5.41, 5.74) is 17.0. The summed E-state index contributed by atoms with van der Waals surface area (Å²) < 4.78 is 104. The van der Waals surface area contributed by atoms with Crippen LogP contribution in [0.4, 0.5) is 0 Å². The van der Waals surface area contributed by atoms with Gasteiger partial charge in [-0.15, -0.1) is 0 Å². The van der Waals surface area contributed by atoms with Gasteiger partial charge in [0.15, 0.2) is 7.37 Å². The molecule has 35 heteroatoms. The zero-order valence-corrected chi connectivity index (χ0v) is 99.1. The predicted octanol–water partition coefficient (Wildman–Crippen LogP) is 17.2. The summed E-state index contributed by atoms with van der Waals surface area (Å²) in [6.45, 7) is 56.4. The van der Waals surface area contributed by atoms with Gasteiger partial charge in [0, 0.05) is 103 Å². The van der Waals surface area contributed by atoms with E-state index >= 15 is 0 Å². The number of likely N-dealkylation sites (N-methyl/N-ethyl adjacent to an activating group) is 1. The largest absolute Gasteiger partial charge is 0.481 e. The van der Waals surface area contributed by atoms with Gasteiger partial charge in [0.25, 0.3) is 10.1 Å². The summed E-state index contributed by atoms with van der Waals surface area (Å²) in [5.74, 6) is 14.3. The summed E-state index contributed by atoms with van der Waals surface area (Å²) in [6.07, 6.45) is 41.3. The molecule has 4 aliphatic rings. The Bertz CT molecular complexity index is 3730. The number of carboxylic acids is 1. The third kappa shape index (κ3) is 95.4. The number of amides is 2. The molecule has 0 spiro atoms. The fourth-order valence-electron chi connectivity index (χ4n) is 17.1. The van der Waals surface area contributed by atoms with Crippen LogP contribution in [0.3, 0.4) is 0 Å². The fourth-order valence-corrected chi connectivity index (χ4v) is 20.0. The van der Waals surface area contributed by atoms with E-state index in [0.29, 0.717) is 92.2 Å². The van der Waals surface area contributed by atoms with Crippen LogP contribution in [-0.4, -0.2) is 359 Å². The number of carboxylic acid groups (broad SMARTS) is 1. The standard InChI is InChI=1S/C15H34N3O.C15H32NO2P.C15H29NO.C14H29NO2S.C14H27NO.C13H25NO3.C11H24N2O6S2.C10H24N2O2S/c1-13(2)10-11-17(3)15(19)14(16)9-7-8-12-18(4,5)6;1-14(2)10-12-16(11-7-13-19(3,17)18)15-8-5-4-6-9-15;1-13(2)9-11-16(12-10-14(3)17)15-7-5-4-6-8-15;1-13(2)9-10-15(11-12-18(3,16)17)14-7-5-4-6-8-14;1-12(2)5-4-6-14-7-9-15(10-8-14)11-13(3)16;1-4-8-14-11(9-13(16)17)12(15)7-5-6-10(2)3;1-9(2)4-5-13(6-7-21(17,18)19)11(14)10(12)8-20(3,15)16;1-10(2)4-6-12(7-5-11)8-9-15(3,13)14/h13-14H,7-12,16H2,1-6H3;14-15H,4-13H2,1-3H3,(H,17,18);13,15H,4-12H2,1-3H3;13-14H,3-12H2,1-2H3,(H,16,17);12,14H,4-11H2,1-3H3;10-11,14H,4-9H2,1-3H3,(H,16,17);9-10H,3-8,12H2,1-2H3,(H,15,16)(H,17,18,19);10H,3-9,11H2,1-2H3,(H,13,14)/q+1;;;;;;;. The van der Waals surface area contributed by atoms with E-state index in [1.54, 1.807) is 18.7 Å². The Morgan fingerprint density at radius 2 is 0.887 bits per heavy atom. The minimum absolute atomic E-state index is 0.0292. The molecule has 0 bridgehead atoms. The number of nitrogens with one attached hydrogen (secondary N) is 1. The summed E-state index contributed by atoms with van der Waals surface area (Å²) in [6, 6.07) is 0.0151. The van der Waals surface area contributed by atoms with Crippen LogP contribution in [-0.2, 0) is 72.9 Å². The van der Waals surface area contributed by atoms with E-state index in [-0.39, 0.29) is 48.9 Å². The van der Waals surface area contributed by atoms with Crippen molar-refractivity contribution in [2.45, 2.75) is 399 Å². The summed E-state index contributed by atoms with van der Waals surface area (Å²) in [4.78, 5) is 93.2. The van der Waals surface area contributed by atoms with Crippen molar-refractivity contribution >= 4 is 99.6 Å². The number of nitrogens with two attached hydrogens (primary N) is 3. The van der Waals surface area contributed by atoms with Gasteiger partial charge in [-0.25, -0.2) is 12.6 Å². The number of carbonyl (C=O) groups excluding carboxylic acids is 5. The van der Waals surface area contributed by atoms with E-state index in [4.69, 9.17) is 36.0 Å². The maximum absolute atomic E-state index is 12.1. The fraction of sp³-hybridized carbons (Fsp3) is 0.916. The van der Waals surface area contributed by atoms with Gasteiger partial charge in [0.1, 0.15) is 17.3 Å². The molecule has 1 aliphatic heterocycles. The molecular formula is C107H224N12O18PS4+. The van der Waals surface area contributed by atoms with Crippen molar-refractivity contribution in [2.75, 3.05) is 182 Å². The SMILES string of the molecule is C=S(=O)(O)CC(N)C(=O)N(CCC(C)C)CCS(=O)(=O)O.C=S(=O)(O)CCN(CCC(C)C)C1CCCCC1.C=S(=O)(O)CCN(CCN)CCC(C)C.CC(=O)CCN(CCC(C)C)C1CCCCC1.CC(=O)CN1CCC(CCCC(C)C)CC1.CC(C)CCN(C)C(=O)C(N)CCCC[N+](C)(C)C.CC(C)CCN(CCCP(C)(=O)O)C1CCCCC1.CCCNC(CC(=O)O)C(=O)CCCC(C)C. The Kier molecular flexibility index (Phi) is 84.7. The first-order valence-electron chi connectivity index (χ1n) is 54.9. The van der Waals surface area contributed by atoms with Gasteiger partial charge in [0.05, 0.1) is 111 Å². The van der Waals surface area contributed by atoms with Gasteiger partial charge in [-0.2, -0.15) is 8.42 Å². The molecule has 0 aromatic rings. The number of aliphatic carboxylic acids is 1. The summed E-state index contributed by atoms with van der Waals surface area (Å²) in [7, 11) is -7.73. The molecule has 7 atom stereocenters. The van der Waals surface area contributed by atoms with E-state index < -0.39 is 82.4 Å². The monoisotopic (exact) mass is 2120 g/mol. The molecule has 2 amide bonds. The molecule has 1 saturated heterocycles. The van der Waals surface area contributed by atoms with Crippen LogP contribution in [0.1, 0.15) is 363 Å². The average molecular weight is 2130 g/mol. The Labute approximate surface area is 872 Å². The van der Waals surface area contributed by atoms with Crippen molar-refractivity contribution < 1.29 is 87.1 Å². The molecule has 3 saturated carbocycles. The normalized spacial score (nSPS) is 17.3. The van der Waals surface area contributed by atoms with Gasteiger partial charge in [0.2, 0.25) is 11.8 Å².